The Morgan fingerprint density at radius 3 is 2.38 bits per heavy atom. The number of ether oxygens (including phenoxy) is 3. The molecule has 5 rings (SSSR count). The summed E-state index contributed by atoms with van der Waals surface area (Å²) < 4.78 is 16.5. The molecular formula is C25H28N6O3. The molecule has 0 radical (unpaired) electrons. The number of methoxy groups -OCH3 is 2. The van der Waals surface area contributed by atoms with E-state index in [2.05, 4.69) is 44.0 Å². The van der Waals surface area contributed by atoms with Gasteiger partial charge in [-0.3, -0.25) is 4.98 Å². The van der Waals surface area contributed by atoms with Crippen LogP contribution in [0.3, 0.4) is 0 Å². The molecule has 0 amide bonds. The molecular weight excluding hydrogens is 432 g/mol. The highest BCUT2D eigenvalue weighted by atomic mass is 16.5. The fourth-order valence-corrected chi connectivity index (χ4v) is 4.24. The molecule has 9 nitrogen and oxygen atoms in total. The lowest BCUT2D eigenvalue weighted by Gasteiger charge is -2.36. The van der Waals surface area contributed by atoms with Crippen molar-refractivity contribution in [2.75, 3.05) is 69.1 Å². The number of fused-ring (bicyclic) bond motifs is 3. The van der Waals surface area contributed by atoms with Gasteiger partial charge in [-0.2, -0.15) is 4.98 Å². The maximum absolute atomic E-state index is 6.36. The van der Waals surface area contributed by atoms with Gasteiger partial charge in [0.15, 0.2) is 11.5 Å². The first kappa shape index (κ1) is 22.0. The van der Waals surface area contributed by atoms with Crippen LogP contribution in [0.5, 0.6) is 11.5 Å². The summed E-state index contributed by atoms with van der Waals surface area (Å²) in [5, 5.41) is 1.56. The molecule has 2 aromatic carbocycles. The molecule has 1 fully saturated rings. The van der Waals surface area contributed by atoms with Crippen LogP contribution in [0.25, 0.3) is 21.8 Å². The maximum atomic E-state index is 6.36. The van der Waals surface area contributed by atoms with Crippen molar-refractivity contribution in [3.63, 3.8) is 0 Å². The van der Waals surface area contributed by atoms with Gasteiger partial charge >= 0.3 is 0 Å². The zero-order valence-electron chi connectivity index (χ0n) is 19.4. The molecule has 0 atom stereocenters. The van der Waals surface area contributed by atoms with Crippen molar-refractivity contribution in [3.05, 3.63) is 48.7 Å². The van der Waals surface area contributed by atoms with Crippen LogP contribution >= 0.6 is 0 Å². The predicted octanol–water partition coefficient (Wildman–Crippen LogP) is 3.12. The first-order valence-electron chi connectivity index (χ1n) is 11.3. The molecule has 2 aromatic heterocycles. The molecule has 0 bridgehead atoms. The van der Waals surface area contributed by atoms with Crippen molar-refractivity contribution >= 4 is 39.3 Å². The molecule has 0 aliphatic carbocycles. The Labute approximate surface area is 198 Å². The lowest BCUT2D eigenvalue weighted by atomic mass is 10.1. The highest BCUT2D eigenvalue weighted by Gasteiger charge is 2.21. The van der Waals surface area contributed by atoms with Crippen LogP contribution < -0.4 is 25.0 Å². The number of benzene rings is 2. The van der Waals surface area contributed by atoms with E-state index >= 15 is 0 Å². The minimum absolute atomic E-state index is 0.416. The molecule has 3 heterocycles. The first-order chi connectivity index (χ1) is 16.7. The van der Waals surface area contributed by atoms with Crippen LogP contribution in [0, 0.1) is 0 Å². The topological polar surface area (TPSA) is 98.9 Å². The van der Waals surface area contributed by atoms with Crippen LogP contribution in [0.1, 0.15) is 0 Å². The SMILES string of the molecule is COCCOc1cc2ncc3c(N)nc(N4CCN(c5ccccc5)CC4)nc3c2cc1OC. The molecule has 1 aliphatic heterocycles. The van der Waals surface area contributed by atoms with E-state index in [9.17, 15) is 0 Å². The quantitative estimate of drug-likeness (QED) is 0.329. The van der Waals surface area contributed by atoms with Crippen molar-refractivity contribution in [3.8, 4) is 11.5 Å². The van der Waals surface area contributed by atoms with E-state index in [0.717, 1.165) is 42.6 Å². The number of aromatic nitrogens is 3. The van der Waals surface area contributed by atoms with Crippen molar-refractivity contribution in [1.29, 1.82) is 0 Å². The monoisotopic (exact) mass is 460 g/mol. The summed E-state index contributed by atoms with van der Waals surface area (Å²) in [7, 11) is 3.25. The van der Waals surface area contributed by atoms with E-state index < -0.39 is 0 Å². The molecule has 34 heavy (non-hydrogen) atoms. The second-order valence-electron chi connectivity index (χ2n) is 8.10. The number of anilines is 3. The van der Waals surface area contributed by atoms with Gasteiger partial charge in [0.25, 0.3) is 0 Å². The number of hydrogen-bond acceptors (Lipinski definition) is 9. The molecule has 0 unspecified atom stereocenters. The minimum atomic E-state index is 0.416. The lowest BCUT2D eigenvalue weighted by Crippen LogP contribution is -2.47. The van der Waals surface area contributed by atoms with Gasteiger partial charge in [-0.25, -0.2) is 4.98 Å². The Kier molecular flexibility index (Phi) is 6.18. The van der Waals surface area contributed by atoms with Crippen LogP contribution in [-0.2, 0) is 4.74 Å². The molecule has 176 valence electrons. The Morgan fingerprint density at radius 1 is 0.882 bits per heavy atom. The average Bonchev–Trinajstić information content (AvgIpc) is 2.89. The number of hydrogen-bond donors (Lipinski definition) is 1. The first-order valence-corrected chi connectivity index (χ1v) is 11.3. The van der Waals surface area contributed by atoms with E-state index in [1.54, 1.807) is 20.4 Å². The summed E-state index contributed by atoms with van der Waals surface area (Å²) in [4.78, 5) is 18.7. The van der Waals surface area contributed by atoms with Gasteiger partial charge in [-0.15, -0.1) is 0 Å². The van der Waals surface area contributed by atoms with E-state index in [4.69, 9.17) is 24.9 Å². The zero-order valence-corrected chi connectivity index (χ0v) is 19.4. The van der Waals surface area contributed by atoms with Crippen molar-refractivity contribution < 1.29 is 14.2 Å². The van der Waals surface area contributed by atoms with Gasteiger partial charge in [0.2, 0.25) is 5.95 Å². The number of para-hydroxylation sites is 1. The fraction of sp³-hybridized carbons (Fsp3) is 0.320. The molecule has 0 saturated carbocycles. The van der Waals surface area contributed by atoms with Crippen LogP contribution in [-0.4, -0.2) is 68.6 Å². The third-order valence-corrected chi connectivity index (χ3v) is 6.06. The van der Waals surface area contributed by atoms with Gasteiger partial charge in [-0.05, 0) is 18.2 Å². The Morgan fingerprint density at radius 2 is 1.65 bits per heavy atom. The van der Waals surface area contributed by atoms with Gasteiger partial charge in [-0.1, -0.05) is 18.2 Å². The van der Waals surface area contributed by atoms with Gasteiger partial charge in [0, 0.05) is 56.6 Å². The molecule has 2 N–H and O–H groups in total. The summed E-state index contributed by atoms with van der Waals surface area (Å²) in [5.41, 5.74) is 9.09. The highest BCUT2D eigenvalue weighted by Crippen LogP contribution is 2.35. The Hall–Kier alpha value is -3.85. The molecule has 1 saturated heterocycles. The predicted molar refractivity (Wildman–Crippen MR) is 134 cm³/mol. The van der Waals surface area contributed by atoms with Gasteiger partial charge in [0.05, 0.1) is 30.1 Å². The number of piperazine rings is 1. The summed E-state index contributed by atoms with van der Waals surface area (Å²) in [6, 6.07) is 14.2. The van der Waals surface area contributed by atoms with Gasteiger partial charge < -0.3 is 29.7 Å². The fourth-order valence-electron chi connectivity index (χ4n) is 4.24. The zero-order chi connectivity index (χ0) is 23.5. The third-order valence-electron chi connectivity index (χ3n) is 6.06. The second kappa shape index (κ2) is 9.56. The summed E-state index contributed by atoms with van der Waals surface area (Å²) in [6.07, 6.45) is 1.72. The van der Waals surface area contributed by atoms with Crippen molar-refractivity contribution in [2.45, 2.75) is 0 Å². The van der Waals surface area contributed by atoms with E-state index in [1.165, 1.54) is 5.69 Å². The number of nitrogens with zero attached hydrogens (tertiary/aromatic N) is 5. The normalized spacial score (nSPS) is 14.1. The summed E-state index contributed by atoms with van der Waals surface area (Å²) in [6.45, 7) is 4.29. The molecule has 9 heteroatoms. The number of nitrogen functional groups attached to an aromatic ring is 1. The van der Waals surface area contributed by atoms with E-state index in [1.807, 2.05) is 18.2 Å². The molecule has 4 aromatic rings. The van der Waals surface area contributed by atoms with Crippen LogP contribution in [0.2, 0.25) is 0 Å². The number of rotatable bonds is 7. The molecule has 0 spiro atoms. The maximum Gasteiger partial charge on any atom is 0.228 e. The van der Waals surface area contributed by atoms with Gasteiger partial charge in [0.1, 0.15) is 12.4 Å². The lowest BCUT2D eigenvalue weighted by molar-refractivity contribution is 0.144. The van der Waals surface area contributed by atoms with Crippen molar-refractivity contribution in [1.82, 2.24) is 15.0 Å². The average molecular weight is 461 g/mol. The molecule has 1 aliphatic rings. The second-order valence-corrected chi connectivity index (χ2v) is 8.10. The number of nitrogens with two attached hydrogens (primary N) is 1. The third kappa shape index (κ3) is 4.22. The largest absolute Gasteiger partial charge is 0.493 e. The standard InChI is InChI=1S/C25H28N6O3/c1-32-12-13-34-22-15-20-18(14-21(22)33-2)23-19(16-27-20)24(26)29-25(28-23)31-10-8-30(9-11-31)17-6-4-3-5-7-17/h3-7,14-16H,8-13H2,1-2H3,(H2,26,28,29). The summed E-state index contributed by atoms with van der Waals surface area (Å²) >= 11 is 0. The highest BCUT2D eigenvalue weighted by molar-refractivity contribution is 6.07. The smallest absolute Gasteiger partial charge is 0.228 e. The Bertz CT molecular complexity index is 1290. The van der Waals surface area contributed by atoms with Crippen molar-refractivity contribution in [2.24, 2.45) is 0 Å². The van der Waals surface area contributed by atoms with E-state index in [0.29, 0.717) is 41.9 Å². The minimum Gasteiger partial charge on any atom is -0.493 e. The summed E-state index contributed by atoms with van der Waals surface area (Å²) in [5.74, 6) is 2.26. The van der Waals surface area contributed by atoms with E-state index in [-0.39, 0.29) is 0 Å². The number of pyridine rings is 1. The van der Waals surface area contributed by atoms with Crippen LogP contribution in [0.4, 0.5) is 17.5 Å². The van der Waals surface area contributed by atoms with Crippen LogP contribution in [0.15, 0.2) is 48.7 Å². The Balaban J connectivity index is 1.47.